The molecule has 0 spiro atoms. The number of hydrogen-bond acceptors (Lipinski definition) is 7. The normalized spacial score (nSPS) is 11.2. The molecule has 0 aliphatic heterocycles. The van der Waals surface area contributed by atoms with Crippen molar-refractivity contribution in [2.24, 2.45) is 0 Å². The zero-order valence-electron chi connectivity index (χ0n) is 51.7. The van der Waals surface area contributed by atoms with E-state index in [0.29, 0.717) is 25.7 Å². The van der Waals surface area contributed by atoms with Crippen LogP contribution in [0, 0.1) is 0 Å². The number of rotatable bonds is 59. The Kier molecular flexibility index (Phi) is 60.3. The standard InChI is InChI=1S/C57H110O6.C13H18O/c1-4-7-10-13-16-19-22-25-28-31-34-37-40-43-46-49-55(58)61-52-54(63-57(60)51-48-45-42-39-36-33-30-27-24-21-18-15-12-9-6-3)53-62-56(59)50-47-44-41-38-35-32-29-26-23-20-17-14-11-8-5-2;1-2-3-4-8-11-13(14)12-9-6-5-7-10-12/h54H,4-53H2,1-3H3;5-7,9-10H,2-4,8,11H2,1H3. The van der Waals surface area contributed by atoms with E-state index in [-0.39, 0.29) is 36.9 Å². The van der Waals surface area contributed by atoms with Crippen molar-refractivity contribution in [3.8, 4) is 0 Å². The van der Waals surface area contributed by atoms with Gasteiger partial charge in [-0.05, 0) is 25.7 Å². The van der Waals surface area contributed by atoms with Gasteiger partial charge in [0.2, 0.25) is 0 Å². The Balaban J connectivity index is 0.00000353. The molecular weight excluding hydrogens is 953 g/mol. The average Bonchev–Trinajstić information content (AvgIpc) is 3.44. The lowest BCUT2D eigenvalue weighted by Crippen LogP contribution is -2.30. The number of unbranched alkanes of at least 4 members (excludes halogenated alkanes) is 45. The molecule has 0 aliphatic rings. The zero-order chi connectivity index (χ0) is 56.0. The van der Waals surface area contributed by atoms with Gasteiger partial charge in [0.05, 0.1) is 0 Å². The Morgan fingerprint density at radius 2 is 0.506 bits per heavy atom. The maximum absolute atomic E-state index is 12.8. The fraction of sp³-hybridized carbons (Fsp3) is 0.857. The number of carbonyl (C=O) groups excluding carboxylic acids is 4. The molecular formula is C70H128O7. The van der Waals surface area contributed by atoms with Crippen LogP contribution in [-0.4, -0.2) is 43.0 Å². The van der Waals surface area contributed by atoms with Gasteiger partial charge in [0.15, 0.2) is 11.9 Å². The molecule has 0 atom stereocenters. The topological polar surface area (TPSA) is 96.0 Å². The van der Waals surface area contributed by atoms with E-state index in [1.165, 1.54) is 250 Å². The van der Waals surface area contributed by atoms with Crippen LogP contribution in [0.5, 0.6) is 0 Å². The van der Waals surface area contributed by atoms with E-state index < -0.39 is 6.10 Å². The molecule has 0 bridgehead atoms. The van der Waals surface area contributed by atoms with Crippen LogP contribution in [0.1, 0.15) is 378 Å². The van der Waals surface area contributed by atoms with Crippen LogP contribution >= 0.6 is 0 Å². The van der Waals surface area contributed by atoms with Crippen molar-refractivity contribution in [2.45, 2.75) is 374 Å². The minimum absolute atomic E-state index is 0.0611. The minimum atomic E-state index is -0.760. The van der Waals surface area contributed by atoms with E-state index in [1.807, 2.05) is 30.3 Å². The summed E-state index contributed by atoms with van der Waals surface area (Å²) in [5, 5.41) is 0. The quantitative estimate of drug-likeness (QED) is 0.0277. The van der Waals surface area contributed by atoms with Crippen LogP contribution in [-0.2, 0) is 28.6 Å². The maximum atomic E-state index is 12.8. The summed E-state index contributed by atoms with van der Waals surface area (Å²) in [5.41, 5.74) is 0.851. The van der Waals surface area contributed by atoms with Gasteiger partial charge in [-0.25, -0.2) is 0 Å². The van der Waals surface area contributed by atoms with Crippen LogP contribution in [0.25, 0.3) is 0 Å². The largest absolute Gasteiger partial charge is 0.462 e. The number of ether oxygens (including phenoxy) is 3. The van der Waals surface area contributed by atoms with E-state index in [9.17, 15) is 19.2 Å². The van der Waals surface area contributed by atoms with Crippen molar-refractivity contribution >= 4 is 23.7 Å². The summed E-state index contributed by atoms with van der Waals surface area (Å²) in [7, 11) is 0. The van der Waals surface area contributed by atoms with Gasteiger partial charge in [-0.1, -0.05) is 347 Å². The van der Waals surface area contributed by atoms with Crippen molar-refractivity contribution < 1.29 is 33.4 Å². The molecule has 7 nitrogen and oxygen atoms in total. The SMILES string of the molecule is CCCCCCC(=O)c1ccccc1.CCCCCCCCCCCCCCCCCC(=O)OCC(COC(=O)CCCCCCCCCCCCCCCCC)OC(=O)CCCCCCCCCCCCCCCCC. The lowest BCUT2D eigenvalue weighted by Gasteiger charge is -2.18. The highest BCUT2D eigenvalue weighted by molar-refractivity contribution is 5.95. The molecule has 0 aromatic heterocycles. The first kappa shape index (κ1) is 74.3. The zero-order valence-corrected chi connectivity index (χ0v) is 51.7. The predicted octanol–water partition coefficient (Wildman–Crippen LogP) is 22.6. The van der Waals surface area contributed by atoms with Crippen molar-refractivity contribution in [3.63, 3.8) is 0 Å². The Morgan fingerprint density at radius 1 is 0.286 bits per heavy atom. The first-order valence-corrected chi connectivity index (χ1v) is 34.0. The Bertz CT molecular complexity index is 1330. The molecule has 77 heavy (non-hydrogen) atoms. The summed E-state index contributed by atoms with van der Waals surface area (Å²) in [6, 6.07) is 9.55. The number of Topliss-reactive ketones (excluding diaryl/α,β-unsaturated/α-hetero) is 1. The summed E-state index contributed by atoms with van der Waals surface area (Å²) < 4.78 is 16.9. The predicted molar refractivity (Wildman–Crippen MR) is 330 cm³/mol. The highest BCUT2D eigenvalue weighted by Gasteiger charge is 2.20. The third-order valence-corrected chi connectivity index (χ3v) is 15.5. The van der Waals surface area contributed by atoms with E-state index in [2.05, 4.69) is 27.7 Å². The van der Waals surface area contributed by atoms with Crippen molar-refractivity contribution in [1.29, 1.82) is 0 Å². The van der Waals surface area contributed by atoms with Gasteiger partial charge in [0.1, 0.15) is 13.2 Å². The summed E-state index contributed by atoms with van der Waals surface area (Å²) >= 11 is 0. The van der Waals surface area contributed by atoms with Crippen molar-refractivity contribution in [3.05, 3.63) is 35.9 Å². The average molecular weight is 1080 g/mol. The van der Waals surface area contributed by atoms with Gasteiger partial charge in [-0.15, -0.1) is 0 Å². The van der Waals surface area contributed by atoms with Crippen molar-refractivity contribution in [1.82, 2.24) is 0 Å². The first-order chi connectivity index (χ1) is 37.9. The van der Waals surface area contributed by atoms with Crippen LogP contribution in [0.15, 0.2) is 30.3 Å². The summed E-state index contributed by atoms with van der Waals surface area (Å²) in [4.78, 5) is 49.7. The molecule has 1 aromatic carbocycles. The van der Waals surface area contributed by atoms with Gasteiger partial charge >= 0.3 is 17.9 Å². The molecule has 0 saturated carbocycles. The van der Waals surface area contributed by atoms with Gasteiger partial charge in [-0.3, -0.25) is 19.2 Å². The first-order valence-electron chi connectivity index (χ1n) is 34.0. The molecule has 450 valence electrons. The molecule has 0 aliphatic carbocycles. The molecule has 0 heterocycles. The molecule has 0 amide bonds. The third kappa shape index (κ3) is 57.8. The number of carbonyl (C=O) groups is 4. The summed E-state index contributed by atoms with van der Waals surface area (Å²) in [5.74, 6) is -0.553. The number of hydrogen-bond donors (Lipinski definition) is 0. The second-order valence-electron chi connectivity index (χ2n) is 23.2. The molecule has 0 unspecified atom stereocenters. The fourth-order valence-electron chi connectivity index (χ4n) is 10.3. The lowest BCUT2D eigenvalue weighted by molar-refractivity contribution is -0.167. The molecule has 0 saturated heterocycles. The monoisotopic (exact) mass is 1080 g/mol. The van der Waals surface area contributed by atoms with E-state index in [0.717, 1.165) is 69.8 Å². The van der Waals surface area contributed by atoms with E-state index in [4.69, 9.17) is 14.2 Å². The minimum Gasteiger partial charge on any atom is -0.462 e. The van der Waals surface area contributed by atoms with Gasteiger partial charge < -0.3 is 14.2 Å². The highest BCUT2D eigenvalue weighted by Crippen LogP contribution is 2.18. The number of ketones is 1. The second-order valence-corrected chi connectivity index (χ2v) is 23.2. The summed E-state index contributed by atoms with van der Waals surface area (Å²) in [6.45, 7) is 8.89. The molecule has 1 rings (SSSR count). The molecule has 0 radical (unpaired) electrons. The third-order valence-electron chi connectivity index (χ3n) is 15.5. The molecule has 1 aromatic rings. The van der Waals surface area contributed by atoms with Crippen LogP contribution < -0.4 is 0 Å². The van der Waals surface area contributed by atoms with Gasteiger partial charge in [0.25, 0.3) is 0 Å². The van der Waals surface area contributed by atoms with Gasteiger partial charge in [0, 0.05) is 31.2 Å². The smallest absolute Gasteiger partial charge is 0.306 e. The molecule has 0 N–H and O–H groups in total. The Morgan fingerprint density at radius 3 is 0.779 bits per heavy atom. The van der Waals surface area contributed by atoms with E-state index in [1.54, 1.807) is 0 Å². The number of benzene rings is 1. The lowest BCUT2D eigenvalue weighted by atomic mass is 10.0. The highest BCUT2D eigenvalue weighted by atomic mass is 16.6. The van der Waals surface area contributed by atoms with Crippen LogP contribution in [0.2, 0.25) is 0 Å². The van der Waals surface area contributed by atoms with E-state index >= 15 is 0 Å². The summed E-state index contributed by atoms with van der Waals surface area (Å²) in [6.07, 6.45) is 63.3. The maximum Gasteiger partial charge on any atom is 0.306 e. The van der Waals surface area contributed by atoms with Crippen LogP contribution in [0.3, 0.4) is 0 Å². The fourth-order valence-corrected chi connectivity index (χ4v) is 10.3. The Labute approximate surface area is 478 Å². The molecule has 7 heteroatoms. The second kappa shape index (κ2) is 62.5. The van der Waals surface area contributed by atoms with Crippen molar-refractivity contribution in [2.75, 3.05) is 13.2 Å². The Hall–Kier alpha value is -2.70. The van der Waals surface area contributed by atoms with Gasteiger partial charge in [-0.2, -0.15) is 0 Å². The molecule has 0 fully saturated rings. The van der Waals surface area contributed by atoms with Crippen LogP contribution in [0.4, 0.5) is 0 Å². The number of esters is 3.